The van der Waals surface area contributed by atoms with E-state index in [0.29, 0.717) is 12.2 Å². The van der Waals surface area contributed by atoms with Gasteiger partial charge in [-0.15, -0.1) is 0 Å². The fraction of sp³-hybridized carbons (Fsp3) is 0.480. The minimum atomic E-state index is -2.13. The van der Waals surface area contributed by atoms with Gasteiger partial charge in [-0.05, 0) is 42.3 Å². The van der Waals surface area contributed by atoms with E-state index in [9.17, 15) is 9.90 Å². The maximum absolute atomic E-state index is 13.7. The SMILES string of the molecule is COc1ccc([Si](C)(C)[C@@H]2[C@@H](CCO)O[C@]3(C(=O)N(C)c4ccc(OC)cc43)[C@H]2C)cc1. The Morgan fingerprint density at radius 1 is 1.09 bits per heavy atom. The topological polar surface area (TPSA) is 68.2 Å². The number of amides is 1. The van der Waals surface area contributed by atoms with Crippen LogP contribution in [0, 0.1) is 5.92 Å². The van der Waals surface area contributed by atoms with Crippen LogP contribution in [0.2, 0.25) is 18.6 Å². The molecule has 4 rings (SSSR count). The number of benzene rings is 2. The molecule has 1 amide bonds. The first kappa shape index (κ1) is 22.8. The van der Waals surface area contributed by atoms with Crippen molar-refractivity contribution in [3.63, 3.8) is 0 Å². The maximum Gasteiger partial charge on any atom is 0.264 e. The van der Waals surface area contributed by atoms with Crippen molar-refractivity contribution in [2.75, 3.05) is 32.8 Å². The molecule has 0 radical (unpaired) electrons. The number of rotatable bonds is 6. The van der Waals surface area contributed by atoms with Crippen LogP contribution < -0.4 is 19.6 Å². The molecule has 32 heavy (non-hydrogen) atoms. The van der Waals surface area contributed by atoms with Crippen molar-refractivity contribution in [1.82, 2.24) is 0 Å². The monoisotopic (exact) mass is 455 g/mol. The summed E-state index contributed by atoms with van der Waals surface area (Å²) in [5, 5.41) is 11.1. The van der Waals surface area contributed by atoms with Gasteiger partial charge in [-0.3, -0.25) is 4.79 Å². The van der Waals surface area contributed by atoms with Crippen LogP contribution in [0.4, 0.5) is 5.69 Å². The average molecular weight is 456 g/mol. The lowest BCUT2D eigenvalue weighted by molar-refractivity contribution is -0.146. The zero-order valence-electron chi connectivity index (χ0n) is 19.7. The standard InChI is InChI=1S/C25H33NO5Si/c1-16-23(32(5,6)19-10-7-17(29-3)8-11-19)22(13-14-27)31-25(16)20-15-18(30-4)9-12-21(20)26(2)24(25)28/h7-12,15-16,22-23,27H,13-14H2,1-6H3/t16-,22+,23-,25+/m0/s1. The normalized spacial score (nSPS) is 27.2. The molecule has 0 aliphatic carbocycles. The molecule has 1 fully saturated rings. The number of aliphatic hydroxyl groups is 1. The first-order chi connectivity index (χ1) is 15.2. The Kier molecular flexibility index (Phi) is 5.86. The summed E-state index contributed by atoms with van der Waals surface area (Å²) in [5.74, 6) is 1.42. The lowest BCUT2D eigenvalue weighted by Crippen LogP contribution is -2.51. The van der Waals surface area contributed by atoms with E-state index >= 15 is 0 Å². The Hall–Kier alpha value is -2.35. The van der Waals surface area contributed by atoms with Gasteiger partial charge in [-0.25, -0.2) is 0 Å². The van der Waals surface area contributed by atoms with E-state index in [1.54, 1.807) is 26.2 Å². The second-order valence-electron chi connectivity index (χ2n) is 9.42. The average Bonchev–Trinajstić information content (AvgIpc) is 3.21. The molecule has 2 heterocycles. The van der Waals surface area contributed by atoms with E-state index in [1.807, 2.05) is 30.3 Å². The summed E-state index contributed by atoms with van der Waals surface area (Å²) in [6, 6.07) is 14.0. The van der Waals surface area contributed by atoms with Crippen molar-refractivity contribution in [3.8, 4) is 11.5 Å². The van der Waals surface area contributed by atoms with Gasteiger partial charge in [0.25, 0.3) is 5.91 Å². The summed E-state index contributed by atoms with van der Waals surface area (Å²) in [7, 11) is 2.97. The summed E-state index contributed by atoms with van der Waals surface area (Å²) in [5.41, 5.74) is 0.786. The summed E-state index contributed by atoms with van der Waals surface area (Å²) < 4.78 is 17.6. The largest absolute Gasteiger partial charge is 0.497 e. The van der Waals surface area contributed by atoms with Crippen molar-refractivity contribution in [2.45, 2.75) is 43.7 Å². The second-order valence-corrected chi connectivity index (χ2v) is 14.1. The third-order valence-corrected chi connectivity index (χ3v) is 11.9. The Morgan fingerprint density at radius 2 is 1.72 bits per heavy atom. The summed E-state index contributed by atoms with van der Waals surface area (Å²) in [6.45, 7) is 6.82. The van der Waals surface area contributed by atoms with E-state index in [4.69, 9.17) is 14.2 Å². The molecule has 2 aromatic rings. The molecule has 4 atom stereocenters. The lowest BCUT2D eigenvalue weighted by Gasteiger charge is -2.37. The molecule has 0 saturated carbocycles. The van der Waals surface area contributed by atoms with Gasteiger partial charge in [0.05, 0.1) is 34.1 Å². The van der Waals surface area contributed by atoms with Gasteiger partial charge >= 0.3 is 0 Å². The van der Waals surface area contributed by atoms with E-state index < -0.39 is 13.7 Å². The summed E-state index contributed by atoms with van der Waals surface area (Å²) >= 11 is 0. The first-order valence-corrected chi connectivity index (χ1v) is 14.2. The van der Waals surface area contributed by atoms with Crippen LogP contribution in [0.15, 0.2) is 42.5 Å². The number of nitrogens with zero attached hydrogens (tertiary/aromatic N) is 1. The van der Waals surface area contributed by atoms with Gasteiger partial charge in [0.2, 0.25) is 0 Å². The van der Waals surface area contributed by atoms with Crippen LogP contribution in [0.25, 0.3) is 0 Å². The number of fused-ring (bicyclic) bond motifs is 2. The molecular formula is C25H33NO5Si. The highest BCUT2D eigenvalue weighted by Crippen LogP contribution is 2.60. The minimum absolute atomic E-state index is 0.0199. The van der Waals surface area contributed by atoms with E-state index in [2.05, 4.69) is 32.2 Å². The molecule has 1 spiro atoms. The molecular weight excluding hydrogens is 422 g/mol. The quantitative estimate of drug-likeness (QED) is 0.677. The van der Waals surface area contributed by atoms with Gasteiger partial charge in [0.1, 0.15) is 11.5 Å². The molecule has 7 heteroatoms. The smallest absolute Gasteiger partial charge is 0.264 e. The Labute approximate surface area is 191 Å². The number of hydrogen-bond acceptors (Lipinski definition) is 5. The Morgan fingerprint density at radius 3 is 2.31 bits per heavy atom. The third-order valence-electron chi connectivity index (χ3n) is 7.59. The number of likely N-dealkylation sites (N-methyl/N-ethyl adjacent to an activating group) is 1. The lowest BCUT2D eigenvalue weighted by atomic mass is 9.82. The van der Waals surface area contributed by atoms with Crippen molar-refractivity contribution in [2.24, 2.45) is 5.92 Å². The number of hydrogen-bond donors (Lipinski definition) is 1. The zero-order chi connectivity index (χ0) is 23.3. The number of carbonyl (C=O) groups excluding carboxylic acids is 1. The molecule has 0 unspecified atom stereocenters. The fourth-order valence-electron chi connectivity index (χ4n) is 5.92. The van der Waals surface area contributed by atoms with E-state index in [1.165, 1.54) is 5.19 Å². The molecule has 1 saturated heterocycles. The van der Waals surface area contributed by atoms with E-state index in [0.717, 1.165) is 17.0 Å². The highest BCUT2D eigenvalue weighted by molar-refractivity contribution is 6.91. The number of methoxy groups -OCH3 is 2. The molecule has 6 nitrogen and oxygen atoms in total. The van der Waals surface area contributed by atoms with Crippen molar-refractivity contribution < 1.29 is 24.1 Å². The molecule has 0 bridgehead atoms. The Bertz CT molecular complexity index is 1010. The van der Waals surface area contributed by atoms with Gasteiger partial charge in [-0.2, -0.15) is 0 Å². The fourth-order valence-corrected chi connectivity index (χ4v) is 9.98. The molecule has 2 aromatic carbocycles. The van der Waals surface area contributed by atoms with Crippen LogP contribution >= 0.6 is 0 Å². The van der Waals surface area contributed by atoms with Crippen molar-refractivity contribution >= 4 is 24.9 Å². The number of anilines is 1. The first-order valence-electron chi connectivity index (χ1n) is 11.1. The maximum atomic E-state index is 13.7. The van der Waals surface area contributed by atoms with Crippen molar-refractivity contribution in [3.05, 3.63) is 48.0 Å². The predicted molar refractivity (Wildman–Crippen MR) is 128 cm³/mol. The van der Waals surface area contributed by atoms with Crippen LogP contribution in [0.3, 0.4) is 0 Å². The molecule has 172 valence electrons. The van der Waals surface area contributed by atoms with Gasteiger partial charge in [0, 0.05) is 25.1 Å². The van der Waals surface area contributed by atoms with Gasteiger partial charge in [0.15, 0.2) is 5.60 Å². The summed E-state index contributed by atoms with van der Waals surface area (Å²) in [6.07, 6.45) is 0.285. The zero-order valence-corrected chi connectivity index (χ0v) is 20.7. The molecule has 0 aromatic heterocycles. The van der Waals surface area contributed by atoms with Crippen LogP contribution in [0.5, 0.6) is 11.5 Å². The molecule has 2 aliphatic rings. The second kappa shape index (κ2) is 8.21. The van der Waals surface area contributed by atoms with Crippen LogP contribution in [-0.4, -0.2) is 53.1 Å². The highest BCUT2D eigenvalue weighted by atomic mass is 28.3. The molecule has 1 N–H and O–H groups in total. The highest BCUT2D eigenvalue weighted by Gasteiger charge is 2.65. The number of carbonyl (C=O) groups is 1. The third kappa shape index (κ3) is 3.17. The summed E-state index contributed by atoms with van der Waals surface area (Å²) in [4.78, 5) is 15.4. The number of aliphatic hydroxyl groups excluding tert-OH is 1. The predicted octanol–water partition coefficient (Wildman–Crippen LogP) is 3.28. The molecule has 2 aliphatic heterocycles. The number of ether oxygens (including phenoxy) is 3. The minimum Gasteiger partial charge on any atom is -0.497 e. The van der Waals surface area contributed by atoms with Gasteiger partial charge in [-0.1, -0.05) is 37.3 Å². The van der Waals surface area contributed by atoms with Gasteiger partial charge < -0.3 is 24.2 Å². The van der Waals surface area contributed by atoms with Crippen molar-refractivity contribution in [1.29, 1.82) is 0 Å². The van der Waals surface area contributed by atoms with Crippen LogP contribution in [-0.2, 0) is 15.1 Å². The van der Waals surface area contributed by atoms with E-state index in [-0.39, 0.29) is 30.1 Å². The Balaban J connectivity index is 1.83. The van der Waals surface area contributed by atoms with Crippen LogP contribution in [0.1, 0.15) is 18.9 Å².